The minimum absolute atomic E-state index is 0.926. The Morgan fingerprint density at radius 2 is 2.00 bits per heavy atom. The Hall–Kier alpha value is -0.820. The predicted octanol–water partition coefficient (Wildman–Crippen LogP) is 1.61. The summed E-state index contributed by atoms with van der Waals surface area (Å²) in [5.74, 6) is 0. The van der Waals surface area contributed by atoms with Crippen LogP contribution < -0.4 is 5.32 Å². The van der Waals surface area contributed by atoms with Gasteiger partial charge < -0.3 is 0 Å². The molecule has 1 heteroatoms. The lowest BCUT2D eigenvalue weighted by molar-refractivity contribution is 0.746. The van der Waals surface area contributed by atoms with Gasteiger partial charge in [-0.3, -0.25) is 0 Å². The minimum Gasteiger partial charge on any atom is -0.232 e. The summed E-state index contributed by atoms with van der Waals surface area (Å²) in [6.07, 6.45) is 0. The first-order valence-electron chi connectivity index (χ1n) is 3.58. The Bertz CT molecular complexity index is 253. The maximum Gasteiger partial charge on any atom is 0.0391 e. The van der Waals surface area contributed by atoms with Crippen molar-refractivity contribution in [3.8, 4) is 0 Å². The third-order valence-electron chi connectivity index (χ3n) is 1.93. The fourth-order valence-electron chi connectivity index (χ4n) is 1.35. The molecule has 0 aromatic heterocycles. The molecule has 0 saturated carbocycles. The monoisotopic (exact) mass is 132 g/mol. The van der Waals surface area contributed by atoms with Crippen LogP contribution in [-0.2, 0) is 13.1 Å². The van der Waals surface area contributed by atoms with E-state index in [4.69, 9.17) is 0 Å². The molecule has 0 bridgehead atoms. The van der Waals surface area contributed by atoms with Crippen molar-refractivity contribution in [2.45, 2.75) is 20.0 Å². The number of rotatable bonds is 0. The molecular weight excluding hydrogens is 122 g/mol. The van der Waals surface area contributed by atoms with Gasteiger partial charge in [-0.05, 0) is 18.1 Å². The molecule has 0 unspecified atom stereocenters. The second-order valence-corrected chi connectivity index (χ2v) is 2.81. The van der Waals surface area contributed by atoms with E-state index < -0.39 is 0 Å². The third-order valence-corrected chi connectivity index (χ3v) is 1.93. The fourth-order valence-corrected chi connectivity index (χ4v) is 1.35. The molecule has 1 aliphatic heterocycles. The first-order valence-corrected chi connectivity index (χ1v) is 3.58. The van der Waals surface area contributed by atoms with Crippen molar-refractivity contribution in [3.05, 3.63) is 34.9 Å². The summed E-state index contributed by atoms with van der Waals surface area (Å²) in [4.78, 5) is 0. The van der Waals surface area contributed by atoms with Crippen LogP contribution >= 0.6 is 0 Å². The summed E-state index contributed by atoms with van der Waals surface area (Å²) in [7, 11) is 0. The first-order chi connectivity index (χ1) is 4.86. The molecule has 0 N–H and O–H groups in total. The Labute approximate surface area is 61.1 Å². The lowest BCUT2D eigenvalue weighted by Crippen LogP contribution is -1.88. The summed E-state index contributed by atoms with van der Waals surface area (Å²) >= 11 is 0. The van der Waals surface area contributed by atoms with E-state index in [9.17, 15) is 0 Å². The van der Waals surface area contributed by atoms with Gasteiger partial charge in [-0.25, -0.2) is 5.32 Å². The topological polar surface area (TPSA) is 14.1 Å². The molecule has 1 radical (unpaired) electrons. The summed E-state index contributed by atoms with van der Waals surface area (Å²) in [5, 5.41) is 4.29. The van der Waals surface area contributed by atoms with Gasteiger partial charge in [-0.2, -0.15) is 0 Å². The van der Waals surface area contributed by atoms with E-state index >= 15 is 0 Å². The number of fused-ring (bicyclic) bond motifs is 1. The van der Waals surface area contributed by atoms with E-state index in [-0.39, 0.29) is 0 Å². The SMILES string of the molecule is Cc1ccc2c(c1)C[N]C2. The van der Waals surface area contributed by atoms with Gasteiger partial charge in [0.1, 0.15) is 0 Å². The maximum absolute atomic E-state index is 4.29. The number of benzene rings is 1. The molecule has 10 heavy (non-hydrogen) atoms. The lowest BCUT2D eigenvalue weighted by atomic mass is 10.1. The van der Waals surface area contributed by atoms with Crippen LogP contribution in [0, 0.1) is 6.92 Å². The van der Waals surface area contributed by atoms with Crippen molar-refractivity contribution in [2.24, 2.45) is 0 Å². The van der Waals surface area contributed by atoms with Crippen molar-refractivity contribution < 1.29 is 0 Å². The number of hydrogen-bond acceptors (Lipinski definition) is 0. The average Bonchev–Trinajstić information content (AvgIpc) is 2.33. The molecule has 0 aliphatic carbocycles. The second kappa shape index (κ2) is 2.10. The van der Waals surface area contributed by atoms with Crippen LogP contribution in [0.3, 0.4) is 0 Å². The Morgan fingerprint density at radius 1 is 1.20 bits per heavy atom. The van der Waals surface area contributed by atoms with E-state index in [1.54, 1.807) is 0 Å². The highest BCUT2D eigenvalue weighted by Gasteiger charge is 2.09. The van der Waals surface area contributed by atoms with Crippen LogP contribution in [0.1, 0.15) is 16.7 Å². The highest BCUT2D eigenvalue weighted by molar-refractivity contribution is 5.33. The summed E-state index contributed by atoms with van der Waals surface area (Å²) in [6.45, 7) is 3.98. The van der Waals surface area contributed by atoms with Crippen molar-refractivity contribution in [3.63, 3.8) is 0 Å². The molecule has 0 amide bonds. The molecule has 0 spiro atoms. The van der Waals surface area contributed by atoms with E-state index in [1.165, 1.54) is 16.7 Å². The standard InChI is InChI=1S/C9H10N/c1-7-2-3-8-5-10-6-9(8)4-7/h2-4H,5-6H2,1H3. The van der Waals surface area contributed by atoms with Gasteiger partial charge in [0.2, 0.25) is 0 Å². The molecule has 1 aromatic rings. The summed E-state index contributed by atoms with van der Waals surface area (Å²) in [5.41, 5.74) is 4.17. The first kappa shape index (κ1) is 5.93. The van der Waals surface area contributed by atoms with Crippen molar-refractivity contribution in [1.29, 1.82) is 0 Å². The van der Waals surface area contributed by atoms with Gasteiger partial charge in [0.15, 0.2) is 0 Å². The van der Waals surface area contributed by atoms with Crippen molar-refractivity contribution in [1.82, 2.24) is 5.32 Å². The molecule has 1 heterocycles. The molecule has 0 fully saturated rings. The predicted molar refractivity (Wildman–Crippen MR) is 40.7 cm³/mol. The molecule has 1 aromatic carbocycles. The van der Waals surface area contributed by atoms with E-state index in [0.717, 1.165) is 13.1 Å². The van der Waals surface area contributed by atoms with Crippen LogP contribution in [0.25, 0.3) is 0 Å². The summed E-state index contributed by atoms with van der Waals surface area (Å²) in [6, 6.07) is 6.56. The van der Waals surface area contributed by atoms with Crippen LogP contribution in [0.4, 0.5) is 0 Å². The van der Waals surface area contributed by atoms with Gasteiger partial charge in [0.25, 0.3) is 0 Å². The van der Waals surface area contributed by atoms with Crippen LogP contribution in [0.5, 0.6) is 0 Å². The normalized spacial score (nSPS) is 15.3. The van der Waals surface area contributed by atoms with Crippen LogP contribution in [0.15, 0.2) is 18.2 Å². The minimum atomic E-state index is 0.926. The Morgan fingerprint density at radius 3 is 2.90 bits per heavy atom. The van der Waals surface area contributed by atoms with Gasteiger partial charge in [-0.1, -0.05) is 23.8 Å². The highest BCUT2D eigenvalue weighted by atomic mass is 14.9. The largest absolute Gasteiger partial charge is 0.232 e. The zero-order valence-corrected chi connectivity index (χ0v) is 6.09. The molecule has 0 atom stereocenters. The lowest BCUT2D eigenvalue weighted by Gasteiger charge is -1.96. The quantitative estimate of drug-likeness (QED) is 0.509. The second-order valence-electron chi connectivity index (χ2n) is 2.81. The maximum atomic E-state index is 4.29. The van der Waals surface area contributed by atoms with Gasteiger partial charge >= 0.3 is 0 Å². The van der Waals surface area contributed by atoms with Gasteiger partial charge in [0, 0.05) is 13.1 Å². The van der Waals surface area contributed by atoms with Crippen LogP contribution in [0.2, 0.25) is 0 Å². The number of hydrogen-bond donors (Lipinski definition) is 0. The Balaban J connectivity index is 2.52. The van der Waals surface area contributed by atoms with E-state index in [0.29, 0.717) is 0 Å². The van der Waals surface area contributed by atoms with Crippen molar-refractivity contribution >= 4 is 0 Å². The van der Waals surface area contributed by atoms with Gasteiger partial charge in [-0.15, -0.1) is 0 Å². The fraction of sp³-hybridized carbons (Fsp3) is 0.333. The van der Waals surface area contributed by atoms with E-state index in [2.05, 4.69) is 30.4 Å². The summed E-state index contributed by atoms with van der Waals surface area (Å²) < 4.78 is 0. The molecule has 2 rings (SSSR count). The number of aryl methyl sites for hydroxylation is 1. The highest BCUT2D eigenvalue weighted by Crippen LogP contribution is 2.17. The molecule has 51 valence electrons. The zero-order valence-electron chi connectivity index (χ0n) is 6.09. The van der Waals surface area contributed by atoms with E-state index in [1.807, 2.05) is 0 Å². The molecule has 1 nitrogen and oxygen atoms in total. The zero-order chi connectivity index (χ0) is 6.97. The smallest absolute Gasteiger partial charge is 0.0391 e. The third kappa shape index (κ3) is 0.830. The Kier molecular flexibility index (Phi) is 1.24. The molecule has 1 aliphatic rings. The van der Waals surface area contributed by atoms with Crippen LogP contribution in [-0.4, -0.2) is 0 Å². The molecular formula is C9H10N. The molecule has 0 saturated heterocycles. The van der Waals surface area contributed by atoms with Crippen molar-refractivity contribution in [2.75, 3.05) is 0 Å². The number of nitrogens with zero attached hydrogens (tertiary/aromatic N) is 1. The van der Waals surface area contributed by atoms with Gasteiger partial charge in [0.05, 0.1) is 0 Å². The average molecular weight is 132 g/mol.